The summed E-state index contributed by atoms with van der Waals surface area (Å²) in [6.45, 7) is 0. The molecule has 2 aromatic rings. The molecule has 2 heterocycles. The summed E-state index contributed by atoms with van der Waals surface area (Å²) in [7, 11) is 0. The third-order valence-corrected chi connectivity index (χ3v) is 4.15. The van der Waals surface area contributed by atoms with Crippen LogP contribution in [-0.4, -0.2) is 33.2 Å². The molecule has 0 atom stereocenters. The molecule has 0 bridgehead atoms. The molecule has 1 aliphatic rings. The summed E-state index contributed by atoms with van der Waals surface area (Å²) in [4.78, 5) is 19.2. The Morgan fingerprint density at radius 1 is 1.24 bits per heavy atom. The van der Waals surface area contributed by atoms with Crippen LogP contribution >= 0.6 is 0 Å². The molecule has 3 rings (SSSR count). The van der Waals surface area contributed by atoms with E-state index < -0.39 is 5.97 Å². The molecule has 0 aromatic carbocycles. The molecular weight excluding hydrogens is 320 g/mol. The first-order valence-electron chi connectivity index (χ1n) is 8.14. The highest BCUT2D eigenvalue weighted by molar-refractivity contribution is 5.85. The summed E-state index contributed by atoms with van der Waals surface area (Å²) in [5.41, 5.74) is 0.547. The lowest BCUT2D eigenvalue weighted by molar-refractivity contribution is 0.0690. The monoisotopic (exact) mass is 338 g/mol. The van der Waals surface area contributed by atoms with Crippen molar-refractivity contribution >= 4 is 11.8 Å². The highest BCUT2D eigenvalue weighted by Gasteiger charge is 2.23. The predicted molar refractivity (Wildman–Crippen MR) is 90.4 cm³/mol. The van der Waals surface area contributed by atoms with Gasteiger partial charge in [-0.15, -0.1) is 0 Å². The van der Waals surface area contributed by atoms with Crippen LogP contribution in [0.3, 0.4) is 0 Å². The van der Waals surface area contributed by atoms with E-state index in [1.807, 2.05) is 6.07 Å². The van der Waals surface area contributed by atoms with E-state index in [9.17, 15) is 4.79 Å². The van der Waals surface area contributed by atoms with Crippen LogP contribution in [0.5, 0.6) is 5.88 Å². The van der Waals surface area contributed by atoms with Gasteiger partial charge >= 0.3 is 5.97 Å². The summed E-state index contributed by atoms with van der Waals surface area (Å²) in [6, 6.07) is 10.6. The quantitative estimate of drug-likeness (QED) is 0.863. The summed E-state index contributed by atoms with van der Waals surface area (Å²) >= 11 is 0. The first-order valence-corrected chi connectivity index (χ1v) is 8.14. The third kappa shape index (κ3) is 4.44. The maximum absolute atomic E-state index is 11.0. The normalized spacial score (nSPS) is 19.6. The fourth-order valence-electron chi connectivity index (χ4n) is 2.86. The zero-order valence-corrected chi connectivity index (χ0v) is 13.6. The fourth-order valence-corrected chi connectivity index (χ4v) is 2.86. The summed E-state index contributed by atoms with van der Waals surface area (Å²) in [5, 5.41) is 21.1. The van der Waals surface area contributed by atoms with Crippen LogP contribution in [0, 0.1) is 11.3 Å². The van der Waals surface area contributed by atoms with Gasteiger partial charge in [0, 0.05) is 18.3 Å². The van der Waals surface area contributed by atoms with E-state index in [2.05, 4.69) is 15.3 Å². The first-order chi connectivity index (χ1) is 12.1. The van der Waals surface area contributed by atoms with Gasteiger partial charge in [-0.05, 0) is 43.9 Å². The van der Waals surface area contributed by atoms with Crippen molar-refractivity contribution in [3.63, 3.8) is 0 Å². The van der Waals surface area contributed by atoms with Gasteiger partial charge in [0.25, 0.3) is 0 Å². The lowest BCUT2D eigenvalue weighted by Crippen LogP contribution is -2.31. The number of carboxylic acid groups (broad SMARTS) is 1. The Bertz CT molecular complexity index is 778. The molecule has 0 aliphatic heterocycles. The first kappa shape index (κ1) is 16.7. The van der Waals surface area contributed by atoms with Gasteiger partial charge in [0.05, 0.1) is 5.56 Å². The second-order valence-electron chi connectivity index (χ2n) is 5.95. The Balaban J connectivity index is 1.50. The molecule has 1 aliphatic carbocycles. The van der Waals surface area contributed by atoms with Crippen molar-refractivity contribution in [3.8, 4) is 11.9 Å². The predicted octanol–water partition coefficient (Wildman–Crippen LogP) is 2.85. The average Bonchev–Trinajstić information content (AvgIpc) is 2.64. The molecule has 0 spiro atoms. The molecule has 0 radical (unpaired) electrons. The Hall–Kier alpha value is -3.14. The van der Waals surface area contributed by atoms with Crippen molar-refractivity contribution < 1.29 is 14.6 Å². The summed E-state index contributed by atoms with van der Waals surface area (Å²) in [6.07, 6.45) is 5.15. The number of pyridine rings is 2. The number of nitrogens with zero attached hydrogens (tertiary/aromatic N) is 3. The van der Waals surface area contributed by atoms with Crippen molar-refractivity contribution in [2.75, 3.05) is 5.32 Å². The third-order valence-electron chi connectivity index (χ3n) is 4.15. The van der Waals surface area contributed by atoms with Crippen molar-refractivity contribution in [3.05, 3.63) is 47.8 Å². The van der Waals surface area contributed by atoms with E-state index in [1.54, 1.807) is 24.3 Å². The minimum atomic E-state index is -1.03. The van der Waals surface area contributed by atoms with Crippen LogP contribution in [0.2, 0.25) is 0 Å². The zero-order chi connectivity index (χ0) is 17.6. The second kappa shape index (κ2) is 7.62. The van der Waals surface area contributed by atoms with E-state index >= 15 is 0 Å². The molecular formula is C18H18N4O3. The van der Waals surface area contributed by atoms with E-state index in [0.717, 1.165) is 25.7 Å². The molecule has 7 nitrogen and oxygen atoms in total. The van der Waals surface area contributed by atoms with Gasteiger partial charge in [0.1, 0.15) is 18.0 Å². The number of ether oxygens (including phenoxy) is 1. The number of aromatic carboxylic acids is 1. The molecule has 0 saturated heterocycles. The molecule has 1 fully saturated rings. The fraction of sp³-hybridized carbons (Fsp3) is 0.333. The number of hydrogen-bond acceptors (Lipinski definition) is 6. The second-order valence-corrected chi connectivity index (χ2v) is 5.95. The van der Waals surface area contributed by atoms with Gasteiger partial charge in [-0.3, -0.25) is 0 Å². The van der Waals surface area contributed by atoms with Gasteiger partial charge in [-0.2, -0.15) is 5.26 Å². The van der Waals surface area contributed by atoms with Crippen LogP contribution in [-0.2, 0) is 0 Å². The van der Waals surface area contributed by atoms with Crippen LogP contribution in [0.4, 0.5) is 5.82 Å². The van der Waals surface area contributed by atoms with Crippen molar-refractivity contribution in [2.45, 2.75) is 37.8 Å². The molecule has 7 heteroatoms. The van der Waals surface area contributed by atoms with Gasteiger partial charge in [0.15, 0.2) is 5.69 Å². The minimum absolute atomic E-state index is 0.0360. The van der Waals surface area contributed by atoms with Crippen molar-refractivity contribution in [2.24, 2.45) is 0 Å². The Morgan fingerprint density at radius 2 is 2.04 bits per heavy atom. The molecule has 0 unspecified atom stereocenters. The van der Waals surface area contributed by atoms with Crippen molar-refractivity contribution in [1.29, 1.82) is 5.26 Å². The molecule has 25 heavy (non-hydrogen) atoms. The topological polar surface area (TPSA) is 108 Å². The summed E-state index contributed by atoms with van der Waals surface area (Å²) in [5.74, 6) is 0.0833. The van der Waals surface area contributed by atoms with E-state index in [4.69, 9.17) is 15.1 Å². The molecule has 2 N–H and O–H groups in total. The smallest absolute Gasteiger partial charge is 0.354 e. The molecule has 2 aromatic heterocycles. The number of nitrogens with one attached hydrogen (secondary N) is 1. The standard InChI is InChI=1S/C18H18N4O3/c19-10-12-4-9-17(20-11-12)25-14-7-5-13(6-8-14)21-16-3-1-2-15(22-16)18(23)24/h1-4,9,11,13-14H,5-8H2,(H,21,22)(H,23,24). The number of anilines is 1. The average molecular weight is 338 g/mol. The van der Waals surface area contributed by atoms with E-state index in [0.29, 0.717) is 17.3 Å². The largest absolute Gasteiger partial charge is 0.477 e. The van der Waals surface area contributed by atoms with Crippen LogP contribution in [0.25, 0.3) is 0 Å². The van der Waals surface area contributed by atoms with Gasteiger partial charge < -0.3 is 15.2 Å². The molecule has 128 valence electrons. The van der Waals surface area contributed by atoms with E-state index in [-0.39, 0.29) is 17.8 Å². The highest BCUT2D eigenvalue weighted by Crippen LogP contribution is 2.25. The summed E-state index contributed by atoms with van der Waals surface area (Å²) < 4.78 is 5.86. The lowest BCUT2D eigenvalue weighted by atomic mass is 9.93. The Kier molecular flexibility index (Phi) is 5.09. The van der Waals surface area contributed by atoms with E-state index in [1.165, 1.54) is 12.3 Å². The SMILES string of the molecule is N#Cc1ccc(OC2CCC(Nc3cccc(C(=O)O)n3)CC2)nc1. The van der Waals surface area contributed by atoms with Crippen LogP contribution in [0.1, 0.15) is 41.7 Å². The Morgan fingerprint density at radius 3 is 2.68 bits per heavy atom. The number of rotatable bonds is 5. The molecule has 1 saturated carbocycles. The molecule has 0 amide bonds. The lowest BCUT2D eigenvalue weighted by Gasteiger charge is -2.29. The number of aromatic nitrogens is 2. The minimum Gasteiger partial charge on any atom is -0.477 e. The zero-order valence-electron chi connectivity index (χ0n) is 13.6. The van der Waals surface area contributed by atoms with Gasteiger partial charge in [0.2, 0.25) is 5.88 Å². The van der Waals surface area contributed by atoms with Crippen molar-refractivity contribution in [1.82, 2.24) is 9.97 Å². The number of hydrogen-bond donors (Lipinski definition) is 2. The maximum atomic E-state index is 11.0. The van der Waals surface area contributed by atoms with Gasteiger partial charge in [-0.25, -0.2) is 14.8 Å². The van der Waals surface area contributed by atoms with Crippen LogP contribution in [0.15, 0.2) is 36.5 Å². The highest BCUT2D eigenvalue weighted by atomic mass is 16.5. The Labute approximate surface area is 145 Å². The number of carbonyl (C=O) groups is 1. The van der Waals surface area contributed by atoms with Gasteiger partial charge in [-0.1, -0.05) is 6.07 Å². The van der Waals surface area contributed by atoms with Crippen LogP contribution < -0.4 is 10.1 Å². The number of nitriles is 1. The number of carboxylic acids is 1. The maximum Gasteiger partial charge on any atom is 0.354 e.